The summed E-state index contributed by atoms with van der Waals surface area (Å²) in [5.41, 5.74) is 1.26. The lowest BCUT2D eigenvalue weighted by Gasteiger charge is -2.14. The number of carbonyl (C=O) groups is 1. The van der Waals surface area contributed by atoms with Gasteiger partial charge < -0.3 is 14.8 Å². The van der Waals surface area contributed by atoms with E-state index in [0.29, 0.717) is 34.7 Å². The van der Waals surface area contributed by atoms with E-state index in [1.807, 2.05) is 38.1 Å². The molecule has 2 rings (SSSR count). The summed E-state index contributed by atoms with van der Waals surface area (Å²) in [5.74, 6) is 0.966. The molecule has 0 bridgehead atoms. The monoisotopic (exact) mass is 489 g/mol. The van der Waals surface area contributed by atoms with Gasteiger partial charge in [-0.05, 0) is 82.7 Å². The number of hydrogen-bond acceptors (Lipinski definition) is 3. The first-order valence-corrected chi connectivity index (χ1v) is 9.08. The summed E-state index contributed by atoms with van der Waals surface area (Å²) in [4.78, 5) is 12.5. The van der Waals surface area contributed by atoms with Crippen molar-refractivity contribution in [2.75, 3.05) is 18.5 Å². The summed E-state index contributed by atoms with van der Waals surface area (Å²) >= 11 is 5.65. The van der Waals surface area contributed by atoms with Gasteiger partial charge in [0.05, 0.1) is 17.7 Å². The Morgan fingerprint density at radius 3 is 2.57 bits per heavy atom. The Hall–Kier alpha value is -1.28. The van der Waals surface area contributed by atoms with Crippen molar-refractivity contribution in [1.82, 2.24) is 0 Å². The lowest BCUT2D eigenvalue weighted by molar-refractivity contribution is 0.102. The van der Waals surface area contributed by atoms with Crippen molar-refractivity contribution in [2.45, 2.75) is 13.8 Å². The molecule has 0 aliphatic carbocycles. The molecule has 122 valence electrons. The van der Waals surface area contributed by atoms with Gasteiger partial charge >= 0.3 is 0 Å². The largest absolute Gasteiger partial charge is 0.490 e. The third kappa shape index (κ3) is 4.84. The highest BCUT2D eigenvalue weighted by atomic mass is 127. The molecule has 0 unspecified atom stereocenters. The summed E-state index contributed by atoms with van der Waals surface area (Å²) < 4.78 is 12.9. The van der Waals surface area contributed by atoms with Gasteiger partial charge in [-0.15, -0.1) is 0 Å². The molecule has 0 atom stereocenters. The van der Waals surface area contributed by atoms with Crippen molar-refractivity contribution < 1.29 is 14.3 Å². The lowest BCUT2D eigenvalue weighted by atomic mass is 10.1. The van der Waals surface area contributed by atoms with Crippen LogP contribution in [0.1, 0.15) is 24.2 Å². The average molecular weight is 490 g/mol. The fourth-order valence-electron chi connectivity index (χ4n) is 2.02. The van der Waals surface area contributed by atoms with Gasteiger partial charge in [0, 0.05) is 14.8 Å². The van der Waals surface area contributed by atoms with Crippen molar-refractivity contribution in [3.63, 3.8) is 0 Å². The zero-order chi connectivity index (χ0) is 16.8. The molecule has 0 aliphatic rings. The summed E-state index contributed by atoms with van der Waals surface area (Å²) in [6.07, 6.45) is 0. The molecular weight excluding hydrogens is 473 g/mol. The summed E-state index contributed by atoms with van der Waals surface area (Å²) in [6.45, 7) is 4.81. The topological polar surface area (TPSA) is 47.6 Å². The minimum atomic E-state index is -0.197. The van der Waals surface area contributed by atoms with Crippen molar-refractivity contribution in [3.05, 3.63) is 50.0 Å². The van der Waals surface area contributed by atoms with Crippen molar-refractivity contribution in [3.8, 4) is 11.5 Å². The van der Waals surface area contributed by atoms with Crippen molar-refractivity contribution >= 4 is 50.1 Å². The zero-order valence-electron chi connectivity index (χ0n) is 12.9. The van der Waals surface area contributed by atoms with E-state index in [0.717, 1.165) is 9.26 Å². The smallest absolute Gasteiger partial charge is 0.255 e. The van der Waals surface area contributed by atoms with Crippen LogP contribution in [0, 0.1) is 3.57 Å². The van der Waals surface area contributed by atoms with Crippen LogP contribution in [0.25, 0.3) is 0 Å². The highest BCUT2D eigenvalue weighted by molar-refractivity contribution is 14.1. The van der Waals surface area contributed by atoms with Crippen LogP contribution in [-0.2, 0) is 0 Å². The van der Waals surface area contributed by atoms with Crippen molar-refractivity contribution in [1.29, 1.82) is 0 Å². The second kappa shape index (κ2) is 8.54. The SMILES string of the molecule is CCOc1cc(C(=O)Nc2cccc(I)c2)cc(Br)c1OCC. The van der Waals surface area contributed by atoms with E-state index >= 15 is 0 Å². The zero-order valence-corrected chi connectivity index (χ0v) is 16.6. The maximum absolute atomic E-state index is 12.5. The van der Waals surface area contributed by atoms with E-state index in [1.165, 1.54) is 0 Å². The van der Waals surface area contributed by atoms with Crippen LogP contribution < -0.4 is 14.8 Å². The second-order valence-electron chi connectivity index (χ2n) is 4.62. The van der Waals surface area contributed by atoms with Crippen LogP contribution in [0.2, 0.25) is 0 Å². The predicted molar refractivity (Wildman–Crippen MR) is 104 cm³/mol. The van der Waals surface area contributed by atoms with Crippen molar-refractivity contribution in [2.24, 2.45) is 0 Å². The molecule has 0 aromatic heterocycles. The third-order valence-electron chi connectivity index (χ3n) is 2.94. The molecule has 6 heteroatoms. The fraction of sp³-hybridized carbons (Fsp3) is 0.235. The Kier molecular flexibility index (Phi) is 6.71. The van der Waals surface area contributed by atoms with Gasteiger partial charge in [-0.3, -0.25) is 4.79 Å². The highest BCUT2D eigenvalue weighted by Gasteiger charge is 2.16. The Labute approximate surface area is 157 Å². The van der Waals surface area contributed by atoms with Crippen LogP contribution in [0.5, 0.6) is 11.5 Å². The van der Waals surface area contributed by atoms with Gasteiger partial charge in [-0.25, -0.2) is 0 Å². The second-order valence-corrected chi connectivity index (χ2v) is 6.72. The summed E-state index contributed by atoms with van der Waals surface area (Å²) in [5, 5.41) is 2.89. The summed E-state index contributed by atoms with van der Waals surface area (Å²) in [6, 6.07) is 11.1. The number of amides is 1. The number of halogens is 2. The average Bonchev–Trinajstić information content (AvgIpc) is 2.50. The van der Waals surface area contributed by atoms with Crippen LogP contribution in [0.3, 0.4) is 0 Å². The van der Waals surface area contributed by atoms with E-state index in [2.05, 4.69) is 43.8 Å². The number of rotatable bonds is 6. The van der Waals surface area contributed by atoms with E-state index in [4.69, 9.17) is 9.47 Å². The van der Waals surface area contributed by atoms with Gasteiger partial charge in [0.15, 0.2) is 11.5 Å². The van der Waals surface area contributed by atoms with Gasteiger partial charge in [0.25, 0.3) is 5.91 Å². The molecule has 0 fully saturated rings. The minimum Gasteiger partial charge on any atom is -0.490 e. The molecule has 0 aliphatic heterocycles. The van der Waals surface area contributed by atoms with Crippen LogP contribution in [0.4, 0.5) is 5.69 Å². The highest BCUT2D eigenvalue weighted by Crippen LogP contribution is 2.37. The fourth-order valence-corrected chi connectivity index (χ4v) is 3.12. The van der Waals surface area contributed by atoms with Gasteiger partial charge in [0.2, 0.25) is 0 Å². The first-order chi connectivity index (χ1) is 11.0. The first-order valence-electron chi connectivity index (χ1n) is 7.21. The Balaban J connectivity index is 2.29. The Morgan fingerprint density at radius 2 is 1.91 bits per heavy atom. The quantitative estimate of drug-likeness (QED) is 0.574. The van der Waals surface area contributed by atoms with Gasteiger partial charge in [-0.2, -0.15) is 0 Å². The van der Waals surface area contributed by atoms with E-state index < -0.39 is 0 Å². The van der Waals surface area contributed by atoms with Gasteiger partial charge in [0.1, 0.15) is 0 Å². The third-order valence-corrected chi connectivity index (χ3v) is 4.20. The predicted octanol–water partition coefficient (Wildman–Crippen LogP) is 5.10. The molecule has 0 spiro atoms. The molecule has 23 heavy (non-hydrogen) atoms. The van der Waals surface area contributed by atoms with Crippen LogP contribution in [-0.4, -0.2) is 19.1 Å². The molecule has 4 nitrogen and oxygen atoms in total. The first kappa shape index (κ1) is 18.1. The number of benzene rings is 2. The molecule has 1 amide bonds. The molecule has 0 saturated heterocycles. The van der Waals surface area contributed by atoms with Crippen LogP contribution >= 0.6 is 38.5 Å². The van der Waals surface area contributed by atoms with Gasteiger partial charge in [-0.1, -0.05) is 6.07 Å². The van der Waals surface area contributed by atoms with E-state index in [9.17, 15) is 4.79 Å². The number of nitrogens with one attached hydrogen (secondary N) is 1. The number of hydrogen-bond donors (Lipinski definition) is 1. The summed E-state index contributed by atoms with van der Waals surface area (Å²) in [7, 11) is 0. The molecule has 0 saturated carbocycles. The van der Waals surface area contributed by atoms with E-state index in [1.54, 1.807) is 12.1 Å². The number of anilines is 1. The van der Waals surface area contributed by atoms with E-state index in [-0.39, 0.29) is 5.91 Å². The number of carbonyl (C=O) groups excluding carboxylic acids is 1. The minimum absolute atomic E-state index is 0.197. The standard InChI is InChI=1S/C17H17BrINO3/c1-3-22-15-9-11(8-14(18)16(15)23-4-2)17(21)20-13-7-5-6-12(19)10-13/h5-10H,3-4H2,1-2H3,(H,20,21). The normalized spacial score (nSPS) is 10.3. The molecule has 2 aromatic carbocycles. The maximum atomic E-state index is 12.5. The molecule has 1 N–H and O–H groups in total. The lowest BCUT2D eigenvalue weighted by Crippen LogP contribution is -2.13. The molecule has 0 heterocycles. The number of ether oxygens (including phenoxy) is 2. The molecule has 2 aromatic rings. The van der Waals surface area contributed by atoms with Crippen LogP contribution in [0.15, 0.2) is 40.9 Å². The Bertz CT molecular complexity index is 706. The maximum Gasteiger partial charge on any atom is 0.255 e. The molecule has 0 radical (unpaired) electrons. The Morgan fingerprint density at radius 1 is 1.17 bits per heavy atom. The molecular formula is C17H17BrINO3.